The molecule has 0 atom stereocenters. The standard InChI is InChI=1S/C16H18N2OS/c1-12-3-2-4-14(9-12)17-16(19)11-18-7-5-15-13(10-18)6-8-20-15/h2-4,6,8-9H,5,7,10-11H2,1H3,(H,17,19). The van der Waals surface area contributed by atoms with Crippen LogP contribution in [0.5, 0.6) is 0 Å². The Kier molecular flexibility index (Phi) is 3.85. The predicted octanol–water partition coefficient (Wildman–Crippen LogP) is 3.05. The highest BCUT2D eigenvalue weighted by Gasteiger charge is 2.19. The van der Waals surface area contributed by atoms with E-state index in [1.165, 1.54) is 10.4 Å². The summed E-state index contributed by atoms with van der Waals surface area (Å²) >= 11 is 1.82. The zero-order valence-corrected chi connectivity index (χ0v) is 12.4. The van der Waals surface area contributed by atoms with Crippen molar-refractivity contribution >= 4 is 22.9 Å². The van der Waals surface area contributed by atoms with Crippen molar-refractivity contribution in [2.75, 3.05) is 18.4 Å². The number of thiophene rings is 1. The highest BCUT2D eigenvalue weighted by atomic mass is 32.1. The van der Waals surface area contributed by atoms with Gasteiger partial charge >= 0.3 is 0 Å². The maximum Gasteiger partial charge on any atom is 0.238 e. The molecular weight excluding hydrogens is 268 g/mol. The number of anilines is 1. The second-order valence-electron chi connectivity index (χ2n) is 5.25. The van der Waals surface area contributed by atoms with Crippen molar-refractivity contribution in [3.8, 4) is 0 Å². The Morgan fingerprint density at radius 2 is 2.30 bits per heavy atom. The van der Waals surface area contributed by atoms with E-state index in [4.69, 9.17) is 0 Å². The largest absolute Gasteiger partial charge is 0.325 e. The van der Waals surface area contributed by atoms with Crippen LogP contribution in [-0.2, 0) is 17.8 Å². The molecule has 3 nitrogen and oxygen atoms in total. The van der Waals surface area contributed by atoms with E-state index >= 15 is 0 Å². The van der Waals surface area contributed by atoms with Crippen molar-refractivity contribution in [2.45, 2.75) is 19.9 Å². The van der Waals surface area contributed by atoms with Gasteiger partial charge in [-0.15, -0.1) is 11.3 Å². The van der Waals surface area contributed by atoms with Crippen molar-refractivity contribution in [2.24, 2.45) is 0 Å². The average molecular weight is 286 g/mol. The normalized spacial score (nSPS) is 14.8. The maximum atomic E-state index is 12.1. The van der Waals surface area contributed by atoms with Crippen molar-refractivity contribution < 1.29 is 4.79 Å². The van der Waals surface area contributed by atoms with Gasteiger partial charge in [0.2, 0.25) is 5.91 Å². The molecule has 1 amide bonds. The second kappa shape index (κ2) is 5.77. The molecule has 0 aliphatic carbocycles. The molecule has 0 fully saturated rings. The molecule has 20 heavy (non-hydrogen) atoms. The number of nitrogens with one attached hydrogen (secondary N) is 1. The number of aryl methyl sites for hydroxylation is 1. The van der Waals surface area contributed by atoms with Crippen LogP contribution in [0.3, 0.4) is 0 Å². The van der Waals surface area contributed by atoms with Gasteiger partial charge in [0, 0.05) is 23.7 Å². The van der Waals surface area contributed by atoms with Gasteiger partial charge in [0.05, 0.1) is 6.54 Å². The van der Waals surface area contributed by atoms with Crippen molar-refractivity contribution in [3.63, 3.8) is 0 Å². The Morgan fingerprint density at radius 1 is 1.40 bits per heavy atom. The van der Waals surface area contributed by atoms with Crippen LogP contribution in [0, 0.1) is 6.92 Å². The number of nitrogens with zero attached hydrogens (tertiary/aromatic N) is 1. The van der Waals surface area contributed by atoms with Gasteiger partial charge in [-0.25, -0.2) is 0 Å². The topological polar surface area (TPSA) is 32.3 Å². The summed E-state index contributed by atoms with van der Waals surface area (Å²) in [6, 6.07) is 10.1. The minimum Gasteiger partial charge on any atom is -0.325 e. The van der Waals surface area contributed by atoms with Crippen LogP contribution in [0.2, 0.25) is 0 Å². The van der Waals surface area contributed by atoms with Crippen molar-refractivity contribution in [1.29, 1.82) is 0 Å². The number of benzene rings is 1. The summed E-state index contributed by atoms with van der Waals surface area (Å²) in [6.45, 7) is 4.34. The van der Waals surface area contributed by atoms with Crippen LogP contribution in [0.25, 0.3) is 0 Å². The van der Waals surface area contributed by atoms with Crippen LogP contribution in [0.1, 0.15) is 16.0 Å². The number of hydrogen-bond acceptors (Lipinski definition) is 3. The molecule has 0 saturated heterocycles. The summed E-state index contributed by atoms with van der Waals surface area (Å²) in [5.41, 5.74) is 3.41. The Hall–Kier alpha value is -1.65. The lowest BCUT2D eigenvalue weighted by Crippen LogP contribution is -2.36. The molecule has 1 N–H and O–H groups in total. The van der Waals surface area contributed by atoms with E-state index in [-0.39, 0.29) is 5.91 Å². The first-order valence-corrected chi connectivity index (χ1v) is 7.73. The molecule has 4 heteroatoms. The molecule has 3 rings (SSSR count). The van der Waals surface area contributed by atoms with Crippen LogP contribution in [0.4, 0.5) is 5.69 Å². The first-order valence-electron chi connectivity index (χ1n) is 6.85. The smallest absolute Gasteiger partial charge is 0.238 e. The molecule has 1 aromatic heterocycles. The third-order valence-electron chi connectivity index (χ3n) is 3.56. The van der Waals surface area contributed by atoms with Gasteiger partial charge in [0.15, 0.2) is 0 Å². The van der Waals surface area contributed by atoms with Gasteiger partial charge < -0.3 is 5.32 Å². The zero-order chi connectivity index (χ0) is 13.9. The number of hydrogen-bond donors (Lipinski definition) is 1. The van der Waals surface area contributed by atoms with Crippen LogP contribution >= 0.6 is 11.3 Å². The van der Waals surface area contributed by atoms with Crippen LogP contribution < -0.4 is 5.32 Å². The summed E-state index contributed by atoms with van der Waals surface area (Å²) < 4.78 is 0. The highest BCUT2D eigenvalue weighted by molar-refractivity contribution is 7.10. The van der Waals surface area contributed by atoms with Crippen LogP contribution in [-0.4, -0.2) is 23.9 Å². The molecule has 0 unspecified atom stereocenters. The molecule has 2 aromatic rings. The van der Waals surface area contributed by atoms with Crippen molar-refractivity contribution in [3.05, 3.63) is 51.7 Å². The van der Waals surface area contributed by atoms with Gasteiger partial charge in [-0.2, -0.15) is 0 Å². The molecule has 2 heterocycles. The number of fused-ring (bicyclic) bond motifs is 1. The monoisotopic (exact) mass is 286 g/mol. The van der Waals surface area contributed by atoms with Gasteiger partial charge in [-0.05, 0) is 48.1 Å². The fraction of sp³-hybridized carbons (Fsp3) is 0.312. The Bertz CT molecular complexity index is 620. The lowest BCUT2D eigenvalue weighted by molar-refractivity contribution is -0.117. The molecule has 0 bridgehead atoms. The predicted molar refractivity (Wildman–Crippen MR) is 83.1 cm³/mol. The summed E-state index contributed by atoms with van der Waals surface area (Å²) in [5.74, 6) is 0.0641. The molecule has 0 saturated carbocycles. The molecule has 0 radical (unpaired) electrons. The number of carbonyl (C=O) groups excluding carboxylic acids is 1. The number of rotatable bonds is 3. The third kappa shape index (κ3) is 3.08. The Labute approximate surface area is 123 Å². The van der Waals surface area contributed by atoms with Gasteiger partial charge in [0.25, 0.3) is 0 Å². The SMILES string of the molecule is Cc1cccc(NC(=O)CN2CCc3sccc3C2)c1. The lowest BCUT2D eigenvalue weighted by atomic mass is 10.1. The first-order chi connectivity index (χ1) is 9.70. The molecule has 1 aromatic carbocycles. The quantitative estimate of drug-likeness (QED) is 0.940. The van der Waals surface area contributed by atoms with Gasteiger partial charge in [0.1, 0.15) is 0 Å². The first kappa shape index (κ1) is 13.3. The van der Waals surface area contributed by atoms with E-state index < -0.39 is 0 Å². The summed E-state index contributed by atoms with van der Waals surface area (Å²) in [5, 5.41) is 5.11. The zero-order valence-electron chi connectivity index (χ0n) is 11.6. The minimum absolute atomic E-state index is 0.0641. The molecule has 1 aliphatic rings. The van der Waals surface area contributed by atoms with E-state index in [0.717, 1.165) is 30.8 Å². The lowest BCUT2D eigenvalue weighted by Gasteiger charge is -2.26. The van der Waals surface area contributed by atoms with Gasteiger partial charge in [-0.1, -0.05) is 12.1 Å². The molecule has 0 spiro atoms. The maximum absolute atomic E-state index is 12.1. The molecule has 1 aliphatic heterocycles. The summed E-state index contributed by atoms with van der Waals surface area (Å²) in [4.78, 5) is 15.8. The Morgan fingerprint density at radius 3 is 3.15 bits per heavy atom. The van der Waals surface area contributed by atoms with E-state index in [9.17, 15) is 4.79 Å². The van der Waals surface area contributed by atoms with E-state index in [1.54, 1.807) is 0 Å². The third-order valence-corrected chi connectivity index (χ3v) is 4.58. The Balaban J connectivity index is 1.57. The van der Waals surface area contributed by atoms with Gasteiger partial charge in [-0.3, -0.25) is 9.69 Å². The summed E-state index contributed by atoms with van der Waals surface area (Å²) in [7, 11) is 0. The second-order valence-corrected chi connectivity index (χ2v) is 6.25. The minimum atomic E-state index is 0.0641. The average Bonchev–Trinajstić information content (AvgIpc) is 2.86. The highest BCUT2D eigenvalue weighted by Crippen LogP contribution is 2.23. The van der Waals surface area contributed by atoms with Crippen LogP contribution in [0.15, 0.2) is 35.7 Å². The van der Waals surface area contributed by atoms with Crippen molar-refractivity contribution in [1.82, 2.24) is 4.90 Å². The van der Waals surface area contributed by atoms with E-state index in [1.807, 2.05) is 42.5 Å². The fourth-order valence-electron chi connectivity index (χ4n) is 2.57. The van der Waals surface area contributed by atoms with E-state index in [2.05, 4.69) is 21.7 Å². The molecule has 104 valence electrons. The van der Waals surface area contributed by atoms with E-state index in [0.29, 0.717) is 6.54 Å². The number of carbonyl (C=O) groups is 1. The number of amides is 1. The molecular formula is C16H18N2OS. The fourth-order valence-corrected chi connectivity index (χ4v) is 3.46. The summed E-state index contributed by atoms with van der Waals surface area (Å²) in [6.07, 6.45) is 1.06.